The molecule has 3 heterocycles. The van der Waals surface area contributed by atoms with Crippen LogP contribution in [0.5, 0.6) is 11.5 Å². The molecular weight excluding hydrogens is 557 g/mol. The van der Waals surface area contributed by atoms with Crippen LogP contribution in [0.25, 0.3) is 0 Å². The third kappa shape index (κ3) is 4.50. The smallest absolute Gasteiger partial charge is 0.416 e. The highest BCUT2D eigenvalue weighted by Gasteiger charge is 2.53. The van der Waals surface area contributed by atoms with Crippen LogP contribution in [0.4, 0.5) is 24.5 Å². The summed E-state index contributed by atoms with van der Waals surface area (Å²) in [5.74, 6) is 0.797. The first kappa shape index (κ1) is 27.3. The molecule has 2 atom stereocenters. The minimum Gasteiger partial charge on any atom is -0.456 e. The SMILES string of the molecule is CCCN(c1cccc(C(F)(F)F)c1)C1CN(c2ccc3c(c2)Oc2ccccc2C32OC(=O)c3ccccc32)CCO1. The van der Waals surface area contributed by atoms with Crippen molar-refractivity contribution in [1.82, 2.24) is 0 Å². The van der Waals surface area contributed by atoms with E-state index in [0.717, 1.165) is 34.9 Å². The van der Waals surface area contributed by atoms with Gasteiger partial charge in [0.2, 0.25) is 0 Å². The lowest BCUT2D eigenvalue weighted by atomic mass is 9.77. The monoisotopic (exact) mass is 586 g/mol. The molecule has 43 heavy (non-hydrogen) atoms. The Bertz CT molecular complexity index is 1710. The molecule has 0 aliphatic carbocycles. The normalized spacial score (nSPS) is 20.6. The summed E-state index contributed by atoms with van der Waals surface area (Å²) in [6.07, 6.45) is -4.14. The quantitative estimate of drug-likeness (QED) is 0.228. The van der Waals surface area contributed by atoms with Gasteiger partial charge in [-0.2, -0.15) is 13.2 Å². The van der Waals surface area contributed by atoms with E-state index in [9.17, 15) is 18.0 Å². The van der Waals surface area contributed by atoms with Gasteiger partial charge in [0.25, 0.3) is 0 Å². The standard InChI is InChI=1S/C34H29F3N2O4/c1-2-16-39(24-9-7-8-22(19-24)34(35,36)37)31-21-38(17-18-41-31)23-14-15-28-30(20-23)42-29-13-6-5-12-27(29)33(28)26-11-4-3-10-25(26)32(40)43-33/h3-15,19-20,31H,2,16-18,21H2,1H3. The molecule has 0 aromatic heterocycles. The summed E-state index contributed by atoms with van der Waals surface area (Å²) in [4.78, 5) is 17.1. The number of nitrogens with zero attached hydrogens (tertiary/aromatic N) is 2. The van der Waals surface area contributed by atoms with E-state index in [2.05, 4.69) is 4.90 Å². The van der Waals surface area contributed by atoms with E-state index in [1.165, 1.54) is 12.1 Å². The Labute approximate surface area is 247 Å². The lowest BCUT2D eigenvalue weighted by Crippen LogP contribution is -2.51. The van der Waals surface area contributed by atoms with Gasteiger partial charge >= 0.3 is 12.1 Å². The maximum Gasteiger partial charge on any atom is 0.416 e. The van der Waals surface area contributed by atoms with E-state index in [1.54, 1.807) is 12.1 Å². The summed E-state index contributed by atoms with van der Waals surface area (Å²) in [5, 5.41) is 0. The van der Waals surface area contributed by atoms with Crippen LogP contribution in [-0.2, 0) is 21.3 Å². The number of para-hydroxylation sites is 1. The fourth-order valence-corrected chi connectivity index (χ4v) is 6.41. The number of rotatable bonds is 5. The summed E-state index contributed by atoms with van der Waals surface area (Å²) in [6, 6.07) is 26.2. The second-order valence-corrected chi connectivity index (χ2v) is 10.9. The van der Waals surface area contributed by atoms with Crippen LogP contribution in [0.3, 0.4) is 0 Å². The summed E-state index contributed by atoms with van der Waals surface area (Å²) in [7, 11) is 0. The largest absolute Gasteiger partial charge is 0.456 e. The fraction of sp³-hybridized carbons (Fsp3) is 0.265. The number of ether oxygens (including phenoxy) is 3. The molecule has 4 aromatic rings. The molecule has 0 bridgehead atoms. The summed E-state index contributed by atoms with van der Waals surface area (Å²) in [6.45, 7) is 3.96. The number of morpholine rings is 1. The van der Waals surface area contributed by atoms with E-state index >= 15 is 0 Å². The predicted molar refractivity (Wildman–Crippen MR) is 156 cm³/mol. The number of carbonyl (C=O) groups is 1. The summed E-state index contributed by atoms with van der Waals surface area (Å²) >= 11 is 0. The Kier molecular flexibility index (Phi) is 6.58. The molecule has 3 aliphatic heterocycles. The lowest BCUT2D eigenvalue weighted by molar-refractivity contribution is -0.137. The molecule has 0 radical (unpaired) electrons. The van der Waals surface area contributed by atoms with Crippen molar-refractivity contribution in [2.75, 3.05) is 36.0 Å². The Morgan fingerprint density at radius 2 is 1.67 bits per heavy atom. The number of hydrogen-bond acceptors (Lipinski definition) is 6. The molecule has 1 fully saturated rings. The van der Waals surface area contributed by atoms with Crippen LogP contribution >= 0.6 is 0 Å². The topological polar surface area (TPSA) is 51.2 Å². The molecule has 0 amide bonds. The number of halogens is 3. The molecule has 0 N–H and O–H groups in total. The Hall–Kier alpha value is -4.50. The van der Waals surface area contributed by atoms with E-state index in [-0.39, 0.29) is 5.97 Å². The number of fused-ring (bicyclic) bond motifs is 6. The first-order chi connectivity index (χ1) is 20.8. The summed E-state index contributed by atoms with van der Waals surface area (Å²) in [5.41, 5.74) is 2.31. The molecule has 4 aromatic carbocycles. The van der Waals surface area contributed by atoms with Crippen molar-refractivity contribution in [2.24, 2.45) is 0 Å². The molecule has 0 saturated carbocycles. The maximum absolute atomic E-state index is 13.5. The highest BCUT2D eigenvalue weighted by molar-refractivity contribution is 5.97. The number of carbonyl (C=O) groups excluding carboxylic acids is 1. The van der Waals surface area contributed by atoms with Crippen LogP contribution in [-0.4, -0.2) is 38.4 Å². The van der Waals surface area contributed by atoms with Gasteiger partial charge in [-0.05, 0) is 48.9 Å². The minimum absolute atomic E-state index is 0.385. The van der Waals surface area contributed by atoms with Crippen molar-refractivity contribution in [3.05, 3.63) is 119 Å². The van der Waals surface area contributed by atoms with Crippen LogP contribution < -0.4 is 14.5 Å². The molecule has 2 unspecified atom stereocenters. The van der Waals surface area contributed by atoms with E-state index in [0.29, 0.717) is 49.0 Å². The average Bonchev–Trinajstić information content (AvgIpc) is 3.32. The van der Waals surface area contributed by atoms with Crippen molar-refractivity contribution in [3.8, 4) is 11.5 Å². The molecular formula is C34H29F3N2O4. The van der Waals surface area contributed by atoms with Crippen molar-refractivity contribution in [3.63, 3.8) is 0 Å². The van der Waals surface area contributed by atoms with Gasteiger partial charge in [0.15, 0.2) is 5.60 Å². The van der Waals surface area contributed by atoms with E-state index in [1.807, 2.05) is 72.5 Å². The Morgan fingerprint density at radius 3 is 2.49 bits per heavy atom. The van der Waals surface area contributed by atoms with Gasteiger partial charge in [0.1, 0.15) is 17.7 Å². The third-order valence-electron chi connectivity index (χ3n) is 8.33. The molecule has 1 spiro atoms. The van der Waals surface area contributed by atoms with Gasteiger partial charge in [-0.1, -0.05) is 49.4 Å². The van der Waals surface area contributed by atoms with Gasteiger partial charge in [-0.15, -0.1) is 0 Å². The number of esters is 1. The van der Waals surface area contributed by atoms with Crippen molar-refractivity contribution < 1.29 is 32.2 Å². The molecule has 6 nitrogen and oxygen atoms in total. The second kappa shape index (κ2) is 10.3. The van der Waals surface area contributed by atoms with Gasteiger partial charge in [0, 0.05) is 47.2 Å². The molecule has 7 rings (SSSR count). The van der Waals surface area contributed by atoms with Crippen LogP contribution in [0.2, 0.25) is 0 Å². The number of benzene rings is 4. The van der Waals surface area contributed by atoms with Crippen molar-refractivity contribution in [1.29, 1.82) is 0 Å². The lowest BCUT2D eigenvalue weighted by Gasteiger charge is -2.42. The van der Waals surface area contributed by atoms with Gasteiger partial charge in [-0.25, -0.2) is 4.79 Å². The first-order valence-electron chi connectivity index (χ1n) is 14.3. The number of hydrogen-bond donors (Lipinski definition) is 0. The molecule has 1 saturated heterocycles. The fourth-order valence-electron chi connectivity index (χ4n) is 6.41. The van der Waals surface area contributed by atoms with Crippen LogP contribution in [0.1, 0.15) is 46.0 Å². The number of anilines is 2. The van der Waals surface area contributed by atoms with Gasteiger partial charge in [0.05, 0.1) is 24.3 Å². The number of alkyl halides is 3. The highest BCUT2D eigenvalue weighted by atomic mass is 19.4. The van der Waals surface area contributed by atoms with Gasteiger partial charge < -0.3 is 24.0 Å². The van der Waals surface area contributed by atoms with Crippen molar-refractivity contribution >= 4 is 17.3 Å². The molecule has 9 heteroatoms. The van der Waals surface area contributed by atoms with Crippen LogP contribution in [0.15, 0.2) is 91.0 Å². The van der Waals surface area contributed by atoms with E-state index in [4.69, 9.17) is 14.2 Å². The average molecular weight is 587 g/mol. The zero-order valence-electron chi connectivity index (χ0n) is 23.4. The summed E-state index contributed by atoms with van der Waals surface area (Å²) < 4.78 is 59.2. The third-order valence-corrected chi connectivity index (χ3v) is 8.33. The van der Waals surface area contributed by atoms with Crippen molar-refractivity contribution in [2.45, 2.75) is 31.3 Å². The van der Waals surface area contributed by atoms with Gasteiger partial charge in [-0.3, -0.25) is 0 Å². The first-order valence-corrected chi connectivity index (χ1v) is 14.3. The Morgan fingerprint density at radius 1 is 0.907 bits per heavy atom. The molecule has 220 valence electrons. The predicted octanol–water partition coefficient (Wildman–Crippen LogP) is 7.35. The second-order valence-electron chi connectivity index (χ2n) is 10.9. The van der Waals surface area contributed by atoms with Crippen LogP contribution in [0, 0.1) is 0 Å². The minimum atomic E-state index is -4.43. The maximum atomic E-state index is 13.5. The highest BCUT2D eigenvalue weighted by Crippen LogP contribution is 2.56. The Balaban J connectivity index is 1.24. The zero-order chi connectivity index (χ0) is 29.8. The molecule has 3 aliphatic rings. The van der Waals surface area contributed by atoms with E-state index < -0.39 is 23.6 Å². The zero-order valence-corrected chi connectivity index (χ0v) is 23.4.